The van der Waals surface area contributed by atoms with Gasteiger partial charge in [0.15, 0.2) is 5.22 Å². The van der Waals surface area contributed by atoms with Crippen molar-refractivity contribution in [3.63, 3.8) is 0 Å². The second-order valence-corrected chi connectivity index (χ2v) is 2.18. The predicted octanol–water partition coefficient (Wildman–Crippen LogP) is -0.482. The van der Waals surface area contributed by atoms with Crippen molar-refractivity contribution in [3.8, 4) is 0 Å². The summed E-state index contributed by atoms with van der Waals surface area (Å²) in [5, 5.41) is 19.8. The SMILES string of the molecule is CCNC(=O)[CH]CNC/N=N/[N+](=O)[O-]. The molecular weight excluding hydrogens is 190 g/mol. The largest absolute Gasteiger partial charge is 0.356 e. The third kappa shape index (κ3) is 8.53. The van der Waals surface area contributed by atoms with Crippen LogP contribution in [0.1, 0.15) is 6.92 Å². The van der Waals surface area contributed by atoms with Crippen molar-refractivity contribution in [2.45, 2.75) is 6.92 Å². The first-order valence-electron chi connectivity index (χ1n) is 4.00. The van der Waals surface area contributed by atoms with Crippen LogP contribution in [0.4, 0.5) is 0 Å². The number of carbonyl (C=O) groups excluding carboxylic acids is 1. The Labute approximate surface area is 80.9 Å². The normalized spacial score (nSPS) is 10.4. The van der Waals surface area contributed by atoms with E-state index in [0.717, 1.165) is 0 Å². The second-order valence-electron chi connectivity index (χ2n) is 2.18. The van der Waals surface area contributed by atoms with Gasteiger partial charge < -0.3 is 15.4 Å². The Morgan fingerprint density at radius 3 is 2.93 bits per heavy atom. The van der Waals surface area contributed by atoms with Gasteiger partial charge >= 0.3 is 0 Å². The fourth-order valence-corrected chi connectivity index (χ4v) is 0.609. The van der Waals surface area contributed by atoms with Crippen LogP contribution in [0.5, 0.6) is 0 Å². The van der Waals surface area contributed by atoms with E-state index in [4.69, 9.17) is 0 Å². The minimum absolute atomic E-state index is 0.0108. The van der Waals surface area contributed by atoms with E-state index in [9.17, 15) is 14.9 Å². The zero-order chi connectivity index (χ0) is 10.8. The molecule has 8 heteroatoms. The molecule has 2 N–H and O–H groups in total. The van der Waals surface area contributed by atoms with E-state index in [1.54, 1.807) is 0 Å². The quantitative estimate of drug-likeness (QED) is 0.251. The molecule has 0 unspecified atom stereocenters. The van der Waals surface area contributed by atoms with Gasteiger partial charge in [0.1, 0.15) is 0 Å². The molecule has 14 heavy (non-hydrogen) atoms. The first-order valence-corrected chi connectivity index (χ1v) is 4.00. The molecule has 0 aliphatic heterocycles. The van der Waals surface area contributed by atoms with Crippen LogP contribution < -0.4 is 10.6 Å². The fraction of sp³-hybridized carbons (Fsp3) is 0.667. The smallest absolute Gasteiger partial charge is 0.225 e. The summed E-state index contributed by atoms with van der Waals surface area (Å²) >= 11 is 0. The molecule has 1 amide bonds. The Morgan fingerprint density at radius 1 is 1.64 bits per heavy atom. The lowest BCUT2D eigenvalue weighted by molar-refractivity contribution is -0.494. The third-order valence-electron chi connectivity index (χ3n) is 1.10. The number of amides is 1. The molecule has 8 nitrogen and oxygen atoms in total. The van der Waals surface area contributed by atoms with E-state index < -0.39 is 5.03 Å². The van der Waals surface area contributed by atoms with Gasteiger partial charge in [0.05, 0.1) is 16.6 Å². The third-order valence-corrected chi connectivity index (χ3v) is 1.10. The fourth-order valence-electron chi connectivity index (χ4n) is 0.609. The van der Waals surface area contributed by atoms with Crippen molar-refractivity contribution < 1.29 is 9.83 Å². The molecule has 0 spiro atoms. The summed E-state index contributed by atoms with van der Waals surface area (Å²) < 4.78 is 0. The highest BCUT2D eigenvalue weighted by Gasteiger charge is 1.98. The van der Waals surface area contributed by atoms with Gasteiger partial charge in [-0.25, -0.2) is 0 Å². The molecule has 0 bridgehead atoms. The molecule has 79 valence electrons. The summed E-state index contributed by atoms with van der Waals surface area (Å²) in [5.41, 5.74) is 0. The van der Waals surface area contributed by atoms with E-state index in [0.29, 0.717) is 13.1 Å². The van der Waals surface area contributed by atoms with Gasteiger partial charge in [0.2, 0.25) is 12.6 Å². The maximum absolute atomic E-state index is 10.8. The Bertz CT molecular complexity index is 218. The molecule has 0 aromatic rings. The van der Waals surface area contributed by atoms with E-state index in [2.05, 4.69) is 21.0 Å². The van der Waals surface area contributed by atoms with Crippen molar-refractivity contribution >= 4 is 5.91 Å². The van der Waals surface area contributed by atoms with Crippen molar-refractivity contribution in [1.82, 2.24) is 10.6 Å². The minimum atomic E-state index is -0.894. The van der Waals surface area contributed by atoms with E-state index in [-0.39, 0.29) is 12.6 Å². The predicted molar refractivity (Wildman–Crippen MR) is 47.7 cm³/mol. The number of nitrogens with one attached hydrogen (secondary N) is 2. The summed E-state index contributed by atoms with van der Waals surface area (Å²) in [6.07, 6.45) is 1.38. The number of nitrogens with zero attached hydrogens (tertiary/aromatic N) is 3. The molecule has 1 radical (unpaired) electrons. The van der Waals surface area contributed by atoms with E-state index in [1.165, 1.54) is 6.42 Å². The molecule has 0 aliphatic carbocycles. The number of carbonyl (C=O) groups is 1. The second kappa shape index (κ2) is 8.05. The number of hydrogen-bond donors (Lipinski definition) is 2. The van der Waals surface area contributed by atoms with Crippen molar-refractivity contribution in [1.29, 1.82) is 0 Å². The molecule has 0 heterocycles. The van der Waals surface area contributed by atoms with Gasteiger partial charge in [0, 0.05) is 13.1 Å². The summed E-state index contributed by atoms with van der Waals surface area (Å²) in [4.78, 5) is 20.5. The minimum Gasteiger partial charge on any atom is -0.356 e. The average molecular weight is 202 g/mol. The van der Waals surface area contributed by atoms with E-state index >= 15 is 0 Å². The Hall–Kier alpha value is -1.57. The summed E-state index contributed by atoms with van der Waals surface area (Å²) in [7, 11) is 0. The van der Waals surface area contributed by atoms with Gasteiger partial charge in [-0.1, -0.05) is 0 Å². The first-order chi connectivity index (χ1) is 6.66. The van der Waals surface area contributed by atoms with E-state index in [1.807, 2.05) is 6.92 Å². The van der Waals surface area contributed by atoms with Crippen molar-refractivity contribution in [2.24, 2.45) is 10.3 Å². The molecule has 0 aliphatic rings. The standard InChI is InChI=1S/C6H12N5O3/c1-2-8-6(12)3-4-7-5-9-10-11(13)14/h3,7H,2,4-5H2,1H3,(H,8,12)/b10-9+. The van der Waals surface area contributed by atoms with Crippen LogP contribution >= 0.6 is 0 Å². The molecule has 0 aromatic heterocycles. The summed E-state index contributed by atoms with van der Waals surface area (Å²) in [5.74, 6) is -0.189. The summed E-state index contributed by atoms with van der Waals surface area (Å²) in [6, 6.07) is 0. The Kier molecular flexibility index (Phi) is 7.15. The lowest BCUT2D eigenvalue weighted by Crippen LogP contribution is -2.28. The van der Waals surface area contributed by atoms with Crippen molar-refractivity contribution in [3.05, 3.63) is 16.5 Å². The molecular formula is C6H12N5O3. The van der Waals surface area contributed by atoms with Crippen LogP contribution in [-0.4, -0.2) is 30.7 Å². The maximum atomic E-state index is 10.8. The van der Waals surface area contributed by atoms with Gasteiger partial charge in [-0.05, 0) is 6.92 Å². The van der Waals surface area contributed by atoms with Crippen LogP contribution in [0.3, 0.4) is 0 Å². The van der Waals surface area contributed by atoms with Crippen LogP contribution in [-0.2, 0) is 4.79 Å². The summed E-state index contributed by atoms with van der Waals surface area (Å²) in [6.45, 7) is 2.68. The molecule has 0 rings (SSSR count). The highest BCUT2D eigenvalue weighted by atomic mass is 16.7. The zero-order valence-corrected chi connectivity index (χ0v) is 7.77. The number of rotatable bonds is 7. The molecule has 0 atom stereocenters. The maximum Gasteiger partial charge on any atom is 0.225 e. The highest BCUT2D eigenvalue weighted by molar-refractivity contribution is 5.84. The molecule has 0 fully saturated rings. The van der Waals surface area contributed by atoms with Crippen LogP contribution in [0, 0.1) is 16.5 Å². The van der Waals surface area contributed by atoms with Gasteiger partial charge in [0.25, 0.3) is 0 Å². The Balaban J connectivity index is 3.29. The number of hydrogen-bond acceptors (Lipinski definition) is 5. The Morgan fingerprint density at radius 2 is 2.36 bits per heavy atom. The average Bonchev–Trinajstić information content (AvgIpc) is 2.11. The first kappa shape index (κ1) is 12.4. The highest BCUT2D eigenvalue weighted by Crippen LogP contribution is 1.77. The monoisotopic (exact) mass is 202 g/mol. The zero-order valence-electron chi connectivity index (χ0n) is 7.77. The van der Waals surface area contributed by atoms with Gasteiger partial charge in [-0.3, -0.25) is 10.1 Å². The van der Waals surface area contributed by atoms with Gasteiger partial charge in [-0.2, -0.15) is 0 Å². The topological polar surface area (TPSA) is 109 Å². The van der Waals surface area contributed by atoms with Crippen LogP contribution in [0.25, 0.3) is 0 Å². The van der Waals surface area contributed by atoms with Crippen molar-refractivity contribution in [2.75, 3.05) is 19.8 Å². The lowest BCUT2D eigenvalue weighted by Gasteiger charge is -1.99. The van der Waals surface area contributed by atoms with Gasteiger partial charge in [-0.15, -0.1) is 0 Å². The number of nitro groups is 1. The van der Waals surface area contributed by atoms with Crippen LogP contribution in [0.15, 0.2) is 10.3 Å². The molecule has 0 aromatic carbocycles. The molecule has 0 saturated heterocycles. The molecule has 0 saturated carbocycles. The lowest BCUT2D eigenvalue weighted by atomic mass is 10.4. The van der Waals surface area contributed by atoms with Crippen LogP contribution in [0.2, 0.25) is 0 Å².